The first-order valence-corrected chi connectivity index (χ1v) is 16.7. The fourth-order valence-electron chi connectivity index (χ4n) is 4.75. The third-order valence-corrected chi connectivity index (χ3v) is 7.19. The number of hydrogen-bond acceptors (Lipinski definition) is 11. The van der Waals surface area contributed by atoms with Crippen molar-refractivity contribution in [2.75, 3.05) is 6.61 Å². The molecule has 0 aliphatic carbocycles. The summed E-state index contributed by atoms with van der Waals surface area (Å²) in [6, 6.07) is 2.06. The van der Waals surface area contributed by atoms with Crippen LogP contribution in [0.4, 0.5) is 4.79 Å². The molecule has 1 aromatic rings. The number of carbonyl (C=O) groups is 7. The van der Waals surface area contributed by atoms with Gasteiger partial charge in [0.05, 0.1) is 30.8 Å². The maximum atomic E-state index is 13.7. The van der Waals surface area contributed by atoms with Crippen molar-refractivity contribution >= 4 is 41.5 Å². The van der Waals surface area contributed by atoms with E-state index in [1.807, 2.05) is 13.8 Å². The number of benzene rings is 1. The molecule has 10 N–H and O–H groups in total. The second-order valence-corrected chi connectivity index (χ2v) is 13.9. The van der Waals surface area contributed by atoms with E-state index in [1.165, 1.54) is 0 Å². The van der Waals surface area contributed by atoms with E-state index in [9.17, 15) is 38.7 Å². The summed E-state index contributed by atoms with van der Waals surface area (Å²) in [6.07, 6.45) is -2.37. The highest BCUT2D eigenvalue weighted by Gasteiger charge is 2.36. The first-order valence-electron chi connectivity index (χ1n) is 16.7. The average Bonchev–Trinajstić information content (AvgIpc) is 3.01. The molecule has 51 heavy (non-hydrogen) atoms. The Balaban J connectivity index is 3.16. The maximum absolute atomic E-state index is 13.7. The molecule has 0 saturated heterocycles. The van der Waals surface area contributed by atoms with Crippen LogP contribution in [-0.4, -0.2) is 95.2 Å². The summed E-state index contributed by atoms with van der Waals surface area (Å²) in [6.45, 7) is 12.7. The molecular weight excluding hydrogens is 666 g/mol. The fraction of sp³-hybridized carbons (Fsp3) is 0.618. The van der Waals surface area contributed by atoms with Crippen molar-refractivity contribution in [2.24, 2.45) is 23.3 Å². The van der Waals surface area contributed by atoms with Crippen LogP contribution < -0.4 is 38.1 Å². The van der Waals surface area contributed by atoms with Gasteiger partial charge in [0.2, 0.25) is 29.5 Å². The van der Waals surface area contributed by atoms with Crippen LogP contribution >= 0.6 is 0 Å². The molecule has 17 nitrogen and oxygen atoms in total. The van der Waals surface area contributed by atoms with Crippen molar-refractivity contribution < 1.29 is 48.1 Å². The zero-order valence-corrected chi connectivity index (χ0v) is 30.6. The first-order chi connectivity index (χ1) is 23.6. The summed E-state index contributed by atoms with van der Waals surface area (Å²) in [7, 11) is 0. The molecule has 0 aliphatic rings. The minimum atomic E-state index is -1.52. The van der Waals surface area contributed by atoms with E-state index in [4.69, 9.17) is 20.9 Å². The fourth-order valence-corrected chi connectivity index (χ4v) is 4.75. The molecule has 286 valence electrons. The minimum Gasteiger partial charge on any atom is -0.444 e. The maximum Gasteiger partial charge on any atom is 0.414 e. The van der Waals surface area contributed by atoms with Crippen LogP contribution in [0.15, 0.2) is 30.3 Å². The van der Waals surface area contributed by atoms with Crippen LogP contribution in [0.1, 0.15) is 73.8 Å². The van der Waals surface area contributed by atoms with Gasteiger partial charge in [-0.2, -0.15) is 0 Å². The summed E-state index contributed by atoms with van der Waals surface area (Å²) in [5.41, 5.74) is 10.6. The van der Waals surface area contributed by atoms with E-state index >= 15 is 0 Å². The van der Waals surface area contributed by atoms with E-state index in [-0.39, 0.29) is 18.9 Å². The molecule has 0 fully saturated rings. The Morgan fingerprint density at radius 1 is 0.765 bits per heavy atom. The number of nitrogens with one attached hydrogen (secondary N) is 5. The quantitative estimate of drug-likeness (QED) is 0.0900. The number of imide groups is 1. The molecular formula is C34H55N7O10. The Bertz CT molecular complexity index is 1350. The van der Waals surface area contributed by atoms with Crippen molar-refractivity contribution in [1.29, 1.82) is 0 Å². The summed E-state index contributed by atoms with van der Waals surface area (Å²) in [5.74, 6) is -5.81. The highest BCUT2D eigenvalue weighted by molar-refractivity contribution is 5.99. The Morgan fingerprint density at radius 2 is 1.31 bits per heavy atom. The van der Waals surface area contributed by atoms with E-state index < -0.39 is 102 Å². The lowest BCUT2D eigenvalue weighted by Gasteiger charge is -2.32. The summed E-state index contributed by atoms with van der Waals surface area (Å²) in [4.78, 5) is 89.6. The van der Waals surface area contributed by atoms with E-state index in [0.29, 0.717) is 5.56 Å². The highest BCUT2D eigenvalue weighted by atomic mass is 16.5. The van der Waals surface area contributed by atoms with Gasteiger partial charge in [0.25, 0.3) is 5.91 Å². The number of nitrogens with two attached hydrogens (primary N) is 2. The van der Waals surface area contributed by atoms with Gasteiger partial charge in [-0.05, 0) is 51.5 Å². The Kier molecular flexibility index (Phi) is 18.2. The molecule has 1 rings (SSSR count). The smallest absolute Gasteiger partial charge is 0.414 e. The number of ether oxygens (including phenoxy) is 2. The molecule has 0 saturated carbocycles. The number of amides is 7. The number of primary amides is 1. The molecule has 0 bridgehead atoms. The molecule has 17 heteroatoms. The molecule has 0 spiro atoms. The van der Waals surface area contributed by atoms with Gasteiger partial charge in [-0.3, -0.25) is 34.1 Å². The van der Waals surface area contributed by atoms with Gasteiger partial charge in [0.15, 0.2) is 0 Å². The van der Waals surface area contributed by atoms with Gasteiger partial charge >= 0.3 is 6.09 Å². The van der Waals surface area contributed by atoms with Gasteiger partial charge in [-0.15, -0.1) is 0 Å². The minimum absolute atomic E-state index is 0.102. The van der Waals surface area contributed by atoms with E-state index in [1.54, 1.807) is 71.9 Å². The number of aliphatic hydroxyl groups excluding tert-OH is 1. The Hall–Kier alpha value is -4.61. The van der Waals surface area contributed by atoms with Gasteiger partial charge in [0, 0.05) is 0 Å². The Labute approximate surface area is 298 Å². The van der Waals surface area contributed by atoms with E-state index in [0.717, 1.165) is 0 Å². The van der Waals surface area contributed by atoms with Crippen LogP contribution in [0, 0.1) is 11.8 Å². The van der Waals surface area contributed by atoms with Gasteiger partial charge in [0.1, 0.15) is 30.8 Å². The lowest BCUT2D eigenvalue weighted by Crippen LogP contribution is -2.62. The lowest BCUT2D eigenvalue weighted by atomic mass is 9.99. The summed E-state index contributed by atoms with van der Waals surface area (Å²) >= 11 is 0. The van der Waals surface area contributed by atoms with E-state index in [2.05, 4.69) is 26.6 Å². The van der Waals surface area contributed by atoms with Crippen LogP contribution in [-0.2, 0) is 44.8 Å². The van der Waals surface area contributed by atoms with Crippen molar-refractivity contribution in [2.45, 2.75) is 117 Å². The number of carbonyl (C=O) groups excluding carboxylic acids is 7. The van der Waals surface area contributed by atoms with Crippen molar-refractivity contribution in [3.63, 3.8) is 0 Å². The van der Waals surface area contributed by atoms with Crippen LogP contribution in [0.25, 0.3) is 0 Å². The normalized spacial score (nSPS) is 15.0. The van der Waals surface area contributed by atoms with Crippen LogP contribution in [0.2, 0.25) is 0 Å². The van der Waals surface area contributed by atoms with Crippen molar-refractivity contribution in [3.8, 4) is 0 Å². The van der Waals surface area contributed by atoms with Crippen molar-refractivity contribution in [3.05, 3.63) is 35.9 Å². The number of hydrogen-bond donors (Lipinski definition) is 8. The molecule has 0 heterocycles. The summed E-state index contributed by atoms with van der Waals surface area (Å²) in [5, 5.41) is 21.8. The monoisotopic (exact) mass is 721 g/mol. The predicted octanol–water partition coefficient (Wildman–Crippen LogP) is -0.521. The largest absolute Gasteiger partial charge is 0.444 e. The second-order valence-electron chi connectivity index (χ2n) is 13.9. The lowest BCUT2D eigenvalue weighted by molar-refractivity contribution is -0.139. The van der Waals surface area contributed by atoms with Gasteiger partial charge in [-0.1, -0.05) is 58.0 Å². The first kappa shape index (κ1) is 44.4. The molecule has 0 radical (unpaired) electrons. The van der Waals surface area contributed by atoms with Crippen LogP contribution in [0.3, 0.4) is 0 Å². The number of aliphatic hydroxyl groups is 1. The molecule has 0 unspecified atom stereocenters. The molecule has 1 aromatic carbocycles. The third kappa shape index (κ3) is 16.8. The molecule has 0 aromatic heterocycles. The number of alkyl carbamates (subject to hydrolysis) is 1. The van der Waals surface area contributed by atoms with Crippen LogP contribution in [0.5, 0.6) is 0 Å². The summed E-state index contributed by atoms with van der Waals surface area (Å²) < 4.78 is 11.1. The van der Waals surface area contributed by atoms with Gasteiger partial charge < -0.3 is 47.3 Å². The zero-order chi connectivity index (χ0) is 39.1. The second kappa shape index (κ2) is 20.9. The predicted molar refractivity (Wildman–Crippen MR) is 186 cm³/mol. The molecule has 7 amide bonds. The highest BCUT2D eigenvalue weighted by Crippen LogP contribution is 2.15. The Morgan fingerprint density at radius 3 is 1.82 bits per heavy atom. The standard InChI is InChI=1S/C34H55N7O10/c1-18(2)14-23(37-31(47)26(19(3)4)39-30(46)24(16-42)38-28(44)22(35)15-25(36)43)29(45)40-27(20(5)51-34(6,7)8)32(48)41-33(49)50-17-21-12-10-9-11-13-21/h9-13,18-20,22-24,26-27,42H,14-17,35H2,1-8H3,(H2,36,43)(H,37,47)(H,38,44)(H,39,46)(H,40,45)(H,41,48,49)/t20-,22+,23+,24+,26+,27+/m1/s1. The topological polar surface area (TPSA) is 270 Å². The average molecular weight is 722 g/mol. The molecule has 0 aliphatic heterocycles. The van der Waals surface area contributed by atoms with Gasteiger partial charge in [-0.25, -0.2) is 4.79 Å². The SMILES string of the molecule is CC(C)C[C@H](NC(=O)[C@@H](NC(=O)[C@H](CO)NC(=O)[C@@H](N)CC(N)=O)C(C)C)C(=O)N[C@H](C(=O)NC(=O)OCc1ccccc1)[C@@H](C)OC(C)(C)C. The van der Waals surface area contributed by atoms with Crippen molar-refractivity contribution in [1.82, 2.24) is 26.6 Å². The molecule has 6 atom stereocenters. The number of rotatable bonds is 19. The third-order valence-electron chi connectivity index (χ3n) is 7.19. The zero-order valence-electron chi connectivity index (χ0n) is 30.6.